The molecule has 2 aromatic rings. The summed E-state index contributed by atoms with van der Waals surface area (Å²) in [7, 11) is 0. The van der Waals surface area contributed by atoms with Crippen molar-refractivity contribution in [3.8, 4) is 11.5 Å². The number of piperazine rings is 1. The second kappa shape index (κ2) is 7.91. The van der Waals surface area contributed by atoms with E-state index in [1.807, 2.05) is 6.07 Å². The number of anilines is 1. The van der Waals surface area contributed by atoms with Gasteiger partial charge in [-0.3, -0.25) is 9.59 Å². The SMILES string of the molecule is O=C1C[C@H]([NH+]2CC[NH+](Cc3ccc4c(c3)OCO4)CC2)C(=O)N1c1ccc(Cl)cc1. The maximum atomic E-state index is 13.0. The number of nitrogens with zero attached hydrogens (tertiary/aromatic N) is 1. The average Bonchev–Trinajstić information content (AvgIpc) is 3.33. The molecule has 2 fully saturated rings. The van der Waals surface area contributed by atoms with E-state index in [0.717, 1.165) is 44.2 Å². The van der Waals surface area contributed by atoms with Crippen molar-refractivity contribution in [1.82, 2.24) is 0 Å². The lowest BCUT2D eigenvalue weighted by Crippen LogP contribution is -3.29. The van der Waals surface area contributed by atoms with Crippen molar-refractivity contribution in [2.45, 2.75) is 19.0 Å². The lowest BCUT2D eigenvalue weighted by molar-refractivity contribution is -1.02. The Balaban J connectivity index is 1.20. The molecule has 0 unspecified atom stereocenters. The maximum absolute atomic E-state index is 13.0. The van der Waals surface area contributed by atoms with Gasteiger partial charge in [-0.15, -0.1) is 0 Å². The first-order valence-corrected chi connectivity index (χ1v) is 10.7. The number of fused-ring (bicyclic) bond motifs is 1. The predicted molar refractivity (Wildman–Crippen MR) is 110 cm³/mol. The van der Waals surface area contributed by atoms with Crippen LogP contribution in [0.1, 0.15) is 12.0 Å². The normalized spacial score (nSPS) is 25.8. The minimum atomic E-state index is -0.291. The topological polar surface area (TPSA) is 64.7 Å². The molecule has 2 saturated heterocycles. The van der Waals surface area contributed by atoms with Crippen LogP contribution in [-0.4, -0.2) is 50.8 Å². The summed E-state index contributed by atoms with van der Waals surface area (Å²) >= 11 is 5.93. The van der Waals surface area contributed by atoms with Gasteiger partial charge >= 0.3 is 0 Å². The van der Waals surface area contributed by atoms with E-state index in [9.17, 15) is 9.59 Å². The second-order valence-corrected chi connectivity index (χ2v) is 8.51. The lowest BCUT2D eigenvalue weighted by Gasteiger charge is -2.32. The van der Waals surface area contributed by atoms with E-state index < -0.39 is 0 Å². The van der Waals surface area contributed by atoms with Crippen molar-refractivity contribution in [3.05, 3.63) is 53.1 Å². The van der Waals surface area contributed by atoms with Crippen LogP contribution < -0.4 is 24.2 Å². The van der Waals surface area contributed by atoms with Gasteiger partial charge in [0, 0.05) is 10.6 Å². The van der Waals surface area contributed by atoms with E-state index in [1.54, 1.807) is 24.3 Å². The van der Waals surface area contributed by atoms with E-state index in [-0.39, 0.29) is 31.1 Å². The van der Waals surface area contributed by atoms with E-state index in [0.29, 0.717) is 10.7 Å². The summed E-state index contributed by atoms with van der Waals surface area (Å²) in [5, 5.41) is 0.585. The maximum Gasteiger partial charge on any atom is 0.292 e. The van der Waals surface area contributed by atoms with Gasteiger partial charge in [0.05, 0.1) is 12.1 Å². The molecule has 7 nitrogen and oxygen atoms in total. The van der Waals surface area contributed by atoms with Crippen LogP contribution in [0, 0.1) is 0 Å². The Labute approximate surface area is 179 Å². The zero-order valence-electron chi connectivity index (χ0n) is 16.5. The van der Waals surface area contributed by atoms with Crippen LogP contribution in [0.4, 0.5) is 5.69 Å². The molecule has 2 N–H and O–H groups in total. The summed E-state index contributed by atoms with van der Waals surface area (Å²) in [6.07, 6.45) is 0.272. The highest BCUT2D eigenvalue weighted by atomic mass is 35.5. The molecule has 0 aliphatic carbocycles. The number of carbonyl (C=O) groups is 2. The van der Waals surface area contributed by atoms with Crippen molar-refractivity contribution in [2.75, 3.05) is 37.9 Å². The third-order valence-corrected chi connectivity index (χ3v) is 6.47. The highest BCUT2D eigenvalue weighted by molar-refractivity contribution is 6.30. The number of benzene rings is 2. The second-order valence-electron chi connectivity index (χ2n) is 8.07. The van der Waals surface area contributed by atoms with Crippen LogP contribution in [0.2, 0.25) is 5.02 Å². The fourth-order valence-electron chi connectivity index (χ4n) is 4.60. The Morgan fingerprint density at radius 1 is 0.967 bits per heavy atom. The summed E-state index contributed by atoms with van der Waals surface area (Å²) in [6.45, 7) is 4.87. The van der Waals surface area contributed by atoms with Crippen LogP contribution in [0.25, 0.3) is 0 Å². The van der Waals surface area contributed by atoms with Crippen LogP contribution in [0.5, 0.6) is 11.5 Å². The van der Waals surface area contributed by atoms with Crippen molar-refractivity contribution >= 4 is 29.1 Å². The molecule has 30 heavy (non-hydrogen) atoms. The Bertz CT molecular complexity index is 973. The van der Waals surface area contributed by atoms with Crippen LogP contribution in [0.15, 0.2) is 42.5 Å². The quantitative estimate of drug-likeness (QED) is 0.654. The Morgan fingerprint density at radius 3 is 2.47 bits per heavy atom. The Hall–Kier alpha value is -2.61. The standard InChI is InChI=1S/C22H22ClN3O4/c23-16-2-4-17(5-3-16)26-21(27)12-18(22(26)28)25-9-7-24(8-10-25)13-15-1-6-19-20(11-15)30-14-29-19/h1-6,11,18H,7-10,12-14H2/p+2/t18-/m0/s1. The third kappa shape index (κ3) is 3.64. The minimum absolute atomic E-state index is 0.100. The van der Waals surface area contributed by atoms with Crippen molar-refractivity contribution < 1.29 is 28.9 Å². The molecule has 0 bridgehead atoms. The monoisotopic (exact) mass is 429 g/mol. The van der Waals surface area contributed by atoms with E-state index in [4.69, 9.17) is 21.1 Å². The van der Waals surface area contributed by atoms with Crippen LogP contribution in [-0.2, 0) is 16.1 Å². The van der Waals surface area contributed by atoms with E-state index in [2.05, 4.69) is 12.1 Å². The molecule has 3 aliphatic heterocycles. The van der Waals surface area contributed by atoms with Gasteiger partial charge in [0.25, 0.3) is 5.91 Å². The number of imide groups is 1. The molecule has 3 heterocycles. The summed E-state index contributed by atoms with van der Waals surface area (Å²) in [6, 6.07) is 12.7. The number of hydrogen-bond acceptors (Lipinski definition) is 4. The highest BCUT2D eigenvalue weighted by Crippen LogP contribution is 2.32. The fourth-order valence-corrected chi connectivity index (χ4v) is 4.73. The number of nitrogens with one attached hydrogen (secondary N) is 2. The fraction of sp³-hybridized carbons (Fsp3) is 0.364. The molecule has 156 valence electrons. The third-order valence-electron chi connectivity index (χ3n) is 6.21. The zero-order valence-corrected chi connectivity index (χ0v) is 17.3. The number of carbonyl (C=O) groups excluding carboxylic acids is 2. The predicted octanol–water partition coefficient (Wildman–Crippen LogP) is -0.316. The van der Waals surface area contributed by atoms with Gasteiger partial charge in [-0.05, 0) is 42.5 Å². The number of quaternary nitrogens is 2. The van der Waals surface area contributed by atoms with Gasteiger partial charge in [0.2, 0.25) is 12.7 Å². The molecule has 2 amide bonds. The zero-order chi connectivity index (χ0) is 20.7. The van der Waals surface area contributed by atoms with Gasteiger partial charge in [-0.2, -0.15) is 0 Å². The molecule has 8 heteroatoms. The summed E-state index contributed by atoms with van der Waals surface area (Å²) < 4.78 is 10.8. The molecule has 5 rings (SSSR count). The van der Waals surface area contributed by atoms with E-state index >= 15 is 0 Å². The number of amides is 2. The van der Waals surface area contributed by atoms with Crippen molar-refractivity contribution in [2.24, 2.45) is 0 Å². The molecule has 2 aromatic carbocycles. The van der Waals surface area contributed by atoms with Gasteiger partial charge in [-0.25, -0.2) is 4.90 Å². The Morgan fingerprint density at radius 2 is 1.70 bits per heavy atom. The van der Waals surface area contributed by atoms with E-state index in [1.165, 1.54) is 20.3 Å². The van der Waals surface area contributed by atoms with Crippen molar-refractivity contribution in [1.29, 1.82) is 0 Å². The number of ether oxygens (including phenoxy) is 2. The number of rotatable bonds is 4. The smallest absolute Gasteiger partial charge is 0.292 e. The molecule has 0 aromatic heterocycles. The van der Waals surface area contributed by atoms with Gasteiger partial charge in [0.1, 0.15) is 32.7 Å². The first kappa shape index (κ1) is 19.4. The lowest BCUT2D eigenvalue weighted by atomic mass is 10.1. The van der Waals surface area contributed by atoms with Gasteiger partial charge in [-0.1, -0.05) is 11.6 Å². The molecule has 0 spiro atoms. The number of halogens is 1. The van der Waals surface area contributed by atoms with Crippen molar-refractivity contribution in [3.63, 3.8) is 0 Å². The summed E-state index contributed by atoms with van der Waals surface area (Å²) in [4.78, 5) is 29.6. The Kier molecular flexibility index (Phi) is 5.10. The largest absolute Gasteiger partial charge is 0.454 e. The minimum Gasteiger partial charge on any atom is -0.454 e. The van der Waals surface area contributed by atoms with Gasteiger partial charge in [0.15, 0.2) is 17.5 Å². The summed E-state index contributed by atoms with van der Waals surface area (Å²) in [5.41, 5.74) is 1.82. The molecule has 3 aliphatic rings. The van der Waals surface area contributed by atoms with Crippen LogP contribution >= 0.6 is 11.6 Å². The van der Waals surface area contributed by atoms with Crippen LogP contribution in [0.3, 0.4) is 0 Å². The molecular formula is C22H24ClN3O4+2. The molecule has 0 saturated carbocycles. The highest BCUT2D eigenvalue weighted by Gasteiger charge is 2.46. The molecule has 1 atom stereocenters. The molecule has 0 radical (unpaired) electrons. The van der Waals surface area contributed by atoms with Gasteiger partial charge < -0.3 is 19.3 Å². The first-order valence-electron chi connectivity index (χ1n) is 10.3. The number of hydrogen-bond donors (Lipinski definition) is 2. The summed E-state index contributed by atoms with van der Waals surface area (Å²) in [5.74, 6) is 1.39. The first-order chi connectivity index (χ1) is 14.6. The average molecular weight is 430 g/mol. The molecular weight excluding hydrogens is 406 g/mol.